The lowest BCUT2D eigenvalue weighted by Crippen LogP contribution is -2.52. The van der Waals surface area contributed by atoms with Gasteiger partial charge in [-0.15, -0.1) is 0 Å². The number of piperazine rings is 1. The largest absolute Gasteiger partial charge is 0.481 e. The van der Waals surface area contributed by atoms with E-state index < -0.39 is 17.9 Å². The highest BCUT2D eigenvalue weighted by atomic mass is 16.4. The van der Waals surface area contributed by atoms with Gasteiger partial charge >= 0.3 is 5.97 Å². The maximum atomic E-state index is 12.9. The van der Waals surface area contributed by atoms with E-state index in [0.29, 0.717) is 25.1 Å². The van der Waals surface area contributed by atoms with Crippen molar-refractivity contribution < 1.29 is 24.3 Å². The number of piperidine rings is 1. The van der Waals surface area contributed by atoms with Crippen molar-refractivity contribution in [3.8, 4) is 0 Å². The molecule has 0 bridgehead atoms. The van der Waals surface area contributed by atoms with Gasteiger partial charge in [-0.2, -0.15) is 0 Å². The van der Waals surface area contributed by atoms with E-state index in [-0.39, 0.29) is 24.7 Å². The van der Waals surface area contributed by atoms with Crippen LogP contribution in [0.4, 0.5) is 5.69 Å². The van der Waals surface area contributed by atoms with Crippen LogP contribution in [0.15, 0.2) is 18.2 Å². The van der Waals surface area contributed by atoms with Gasteiger partial charge in [0.2, 0.25) is 11.8 Å². The molecular weight excluding hydrogens is 376 g/mol. The summed E-state index contributed by atoms with van der Waals surface area (Å²) in [6, 6.07) is 5.21. The van der Waals surface area contributed by atoms with Crippen molar-refractivity contribution in [3.05, 3.63) is 29.3 Å². The molecule has 2 fully saturated rings. The second-order valence-electron chi connectivity index (χ2n) is 7.71. The molecule has 1 unspecified atom stereocenters. The number of rotatable bonds is 5. The summed E-state index contributed by atoms with van der Waals surface area (Å²) >= 11 is 0. The Bertz CT molecular complexity index is 862. The first-order valence-corrected chi connectivity index (χ1v) is 9.89. The van der Waals surface area contributed by atoms with Crippen molar-refractivity contribution >= 4 is 29.4 Å². The molecule has 0 radical (unpaired) electrons. The standard InChI is InChI=1S/C20H24N4O5/c25-17-4-3-16(19(28)21-17)24-12-13-1-2-14(11-15(13)20(24)29)23-9-7-22(8-10-23)6-5-18(26)27/h1-2,11,16H,3-10,12H2,(H,26,27)(H,21,25,28). The fraction of sp³-hybridized carbons (Fsp3) is 0.500. The summed E-state index contributed by atoms with van der Waals surface area (Å²) in [5, 5.41) is 11.1. The normalized spacial score (nSPS) is 22.6. The number of benzene rings is 1. The smallest absolute Gasteiger partial charge is 0.304 e. The van der Waals surface area contributed by atoms with Gasteiger partial charge in [0.05, 0.1) is 6.42 Å². The Morgan fingerprint density at radius 2 is 1.90 bits per heavy atom. The van der Waals surface area contributed by atoms with E-state index in [9.17, 15) is 19.2 Å². The molecule has 2 N–H and O–H groups in total. The number of carboxylic acid groups (broad SMARTS) is 1. The third kappa shape index (κ3) is 3.95. The number of carboxylic acids is 1. The maximum Gasteiger partial charge on any atom is 0.304 e. The Balaban J connectivity index is 1.42. The SMILES string of the molecule is O=C(O)CCN1CCN(c2ccc3c(c2)C(=O)N(C2CCC(=O)NC2=O)C3)CC1. The minimum absolute atomic E-state index is 0.142. The van der Waals surface area contributed by atoms with Crippen LogP contribution in [0.3, 0.4) is 0 Å². The van der Waals surface area contributed by atoms with Crippen LogP contribution in [0, 0.1) is 0 Å². The van der Waals surface area contributed by atoms with Crippen molar-refractivity contribution in [3.63, 3.8) is 0 Å². The molecule has 0 aromatic heterocycles. The summed E-state index contributed by atoms with van der Waals surface area (Å²) in [7, 11) is 0. The quantitative estimate of drug-likeness (QED) is 0.672. The highest BCUT2D eigenvalue weighted by Crippen LogP contribution is 2.30. The zero-order chi connectivity index (χ0) is 20.5. The summed E-state index contributed by atoms with van der Waals surface area (Å²) in [6.45, 7) is 4.02. The molecular formula is C20H24N4O5. The lowest BCUT2D eigenvalue weighted by Gasteiger charge is -2.36. The second-order valence-corrected chi connectivity index (χ2v) is 7.71. The van der Waals surface area contributed by atoms with E-state index in [2.05, 4.69) is 15.1 Å². The number of carbonyl (C=O) groups is 4. The summed E-state index contributed by atoms with van der Waals surface area (Å²) in [5.41, 5.74) is 2.46. The lowest BCUT2D eigenvalue weighted by molar-refractivity contribution is -0.138. The molecule has 1 atom stereocenters. The van der Waals surface area contributed by atoms with Crippen LogP contribution < -0.4 is 10.2 Å². The molecule has 3 aliphatic rings. The Kier molecular flexibility index (Phi) is 5.23. The third-order valence-electron chi connectivity index (χ3n) is 5.89. The summed E-state index contributed by atoms with van der Waals surface area (Å²) in [5.74, 6) is -1.65. The van der Waals surface area contributed by atoms with E-state index >= 15 is 0 Å². The number of hydrogen-bond acceptors (Lipinski definition) is 6. The fourth-order valence-corrected chi connectivity index (χ4v) is 4.22. The number of hydrogen-bond donors (Lipinski definition) is 2. The van der Waals surface area contributed by atoms with Crippen molar-refractivity contribution in [2.24, 2.45) is 0 Å². The summed E-state index contributed by atoms with van der Waals surface area (Å²) in [4.78, 5) is 53.1. The summed E-state index contributed by atoms with van der Waals surface area (Å²) < 4.78 is 0. The molecule has 0 saturated carbocycles. The zero-order valence-electron chi connectivity index (χ0n) is 16.1. The first-order valence-electron chi connectivity index (χ1n) is 9.89. The Labute approximate surface area is 168 Å². The van der Waals surface area contributed by atoms with E-state index in [1.165, 1.54) is 0 Å². The molecule has 1 aromatic carbocycles. The van der Waals surface area contributed by atoms with Crippen LogP contribution in [-0.2, 0) is 20.9 Å². The molecule has 2 saturated heterocycles. The molecule has 1 aromatic rings. The second kappa shape index (κ2) is 7.82. The Hall–Kier alpha value is -2.94. The van der Waals surface area contributed by atoms with Crippen LogP contribution >= 0.6 is 0 Å². The zero-order valence-corrected chi connectivity index (χ0v) is 16.1. The number of imide groups is 1. The molecule has 4 rings (SSSR count). The van der Waals surface area contributed by atoms with Crippen molar-refractivity contribution in [1.29, 1.82) is 0 Å². The molecule has 3 amide bonds. The molecule has 154 valence electrons. The molecule has 3 heterocycles. The predicted molar refractivity (Wildman–Crippen MR) is 103 cm³/mol. The average Bonchev–Trinajstić information content (AvgIpc) is 3.03. The highest BCUT2D eigenvalue weighted by Gasteiger charge is 2.39. The highest BCUT2D eigenvalue weighted by molar-refractivity contribution is 6.05. The van der Waals surface area contributed by atoms with E-state index in [1.54, 1.807) is 4.90 Å². The van der Waals surface area contributed by atoms with Crippen molar-refractivity contribution in [2.75, 3.05) is 37.6 Å². The molecule has 0 aliphatic carbocycles. The van der Waals surface area contributed by atoms with Crippen molar-refractivity contribution in [2.45, 2.75) is 31.8 Å². The molecule has 9 heteroatoms. The van der Waals surface area contributed by atoms with Crippen LogP contribution in [0.2, 0.25) is 0 Å². The van der Waals surface area contributed by atoms with Crippen molar-refractivity contribution in [1.82, 2.24) is 15.1 Å². The number of anilines is 1. The molecule has 29 heavy (non-hydrogen) atoms. The summed E-state index contributed by atoms with van der Waals surface area (Å²) in [6.07, 6.45) is 0.743. The van der Waals surface area contributed by atoms with Gasteiger partial charge < -0.3 is 14.9 Å². The van der Waals surface area contributed by atoms with Gasteiger partial charge in [-0.1, -0.05) is 6.07 Å². The third-order valence-corrected chi connectivity index (χ3v) is 5.89. The average molecular weight is 400 g/mol. The number of nitrogens with zero attached hydrogens (tertiary/aromatic N) is 3. The molecule has 9 nitrogen and oxygen atoms in total. The monoisotopic (exact) mass is 400 g/mol. The van der Waals surface area contributed by atoms with Crippen LogP contribution in [0.5, 0.6) is 0 Å². The Morgan fingerprint density at radius 3 is 2.59 bits per heavy atom. The van der Waals surface area contributed by atoms with Gasteiger partial charge in [0, 0.05) is 56.9 Å². The number of aliphatic carboxylic acids is 1. The van der Waals surface area contributed by atoms with Gasteiger partial charge in [0.15, 0.2) is 0 Å². The molecule has 0 spiro atoms. The van der Waals surface area contributed by atoms with E-state index in [4.69, 9.17) is 5.11 Å². The number of fused-ring (bicyclic) bond motifs is 1. The number of nitrogens with one attached hydrogen (secondary N) is 1. The lowest BCUT2D eigenvalue weighted by atomic mass is 10.0. The predicted octanol–water partition coefficient (Wildman–Crippen LogP) is 0.0443. The number of carbonyl (C=O) groups excluding carboxylic acids is 3. The molecule has 3 aliphatic heterocycles. The van der Waals surface area contributed by atoms with Gasteiger partial charge in [-0.25, -0.2) is 0 Å². The van der Waals surface area contributed by atoms with E-state index in [0.717, 1.165) is 37.4 Å². The van der Waals surface area contributed by atoms with E-state index in [1.807, 2.05) is 18.2 Å². The number of amides is 3. The van der Waals surface area contributed by atoms with Gasteiger partial charge in [0.25, 0.3) is 5.91 Å². The first-order chi connectivity index (χ1) is 13.9. The minimum Gasteiger partial charge on any atom is -0.481 e. The van der Waals surface area contributed by atoms with Crippen LogP contribution in [0.25, 0.3) is 0 Å². The fourth-order valence-electron chi connectivity index (χ4n) is 4.22. The Morgan fingerprint density at radius 1 is 1.14 bits per heavy atom. The van der Waals surface area contributed by atoms with Gasteiger partial charge in [-0.05, 0) is 24.1 Å². The first kappa shape index (κ1) is 19.4. The maximum absolute atomic E-state index is 12.9. The topological polar surface area (TPSA) is 110 Å². The van der Waals surface area contributed by atoms with Crippen LogP contribution in [-0.4, -0.2) is 77.4 Å². The minimum atomic E-state index is -0.787. The van der Waals surface area contributed by atoms with Gasteiger partial charge in [0.1, 0.15) is 6.04 Å². The van der Waals surface area contributed by atoms with Gasteiger partial charge in [-0.3, -0.25) is 29.4 Å². The van der Waals surface area contributed by atoms with Crippen LogP contribution in [0.1, 0.15) is 35.2 Å².